The molecule has 0 saturated carbocycles. The third-order valence-electron chi connectivity index (χ3n) is 2.36. The van der Waals surface area contributed by atoms with Gasteiger partial charge < -0.3 is 14.2 Å². The Kier molecular flexibility index (Phi) is 5.82. The van der Waals surface area contributed by atoms with Crippen molar-refractivity contribution < 1.29 is 23.8 Å². The Labute approximate surface area is 120 Å². The van der Waals surface area contributed by atoms with Gasteiger partial charge in [-0.2, -0.15) is 0 Å². The largest absolute Gasteiger partial charge is 0.496 e. The minimum atomic E-state index is -0.570. The third-order valence-corrected chi connectivity index (χ3v) is 2.82. The van der Waals surface area contributed by atoms with E-state index in [1.165, 1.54) is 14.2 Å². The quantitative estimate of drug-likeness (QED) is 0.455. The van der Waals surface area contributed by atoms with Crippen LogP contribution in [0.15, 0.2) is 16.6 Å². The van der Waals surface area contributed by atoms with E-state index >= 15 is 0 Å². The van der Waals surface area contributed by atoms with Gasteiger partial charge in [-0.1, -0.05) is 15.9 Å². The van der Waals surface area contributed by atoms with Gasteiger partial charge in [-0.3, -0.25) is 9.59 Å². The van der Waals surface area contributed by atoms with Crippen molar-refractivity contribution in [3.63, 3.8) is 0 Å². The smallest absolute Gasteiger partial charge is 0.313 e. The van der Waals surface area contributed by atoms with Gasteiger partial charge in [0.05, 0.1) is 20.8 Å². The van der Waals surface area contributed by atoms with Crippen LogP contribution in [0.2, 0.25) is 0 Å². The lowest BCUT2D eigenvalue weighted by atomic mass is 10.1. The summed E-state index contributed by atoms with van der Waals surface area (Å²) < 4.78 is 15.8. The SMILES string of the molecule is CCOC(=O)CC(=O)c1c(OC)cc(Br)cc1OC. The molecule has 0 atom stereocenters. The molecule has 0 aliphatic carbocycles. The van der Waals surface area contributed by atoms with Gasteiger partial charge in [0.2, 0.25) is 0 Å². The highest BCUT2D eigenvalue weighted by atomic mass is 79.9. The van der Waals surface area contributed by atoms with Crippen LogP contribution in [0, 0.1) is 0 Å². The number of carbonyl (C=O) groups excluding carboxylic acids is 2. The van der Waals surface area contributed by atoms with Crippen LogP contribution in [0.25, 0.3) is 0 Å². The molecule has 0 heterocycles. The summed E-state index contributed by atoms with van der Waals surface area (Å²) in [6, 6.07) is 3.28. The first kappa shape index (κ1) is 15.5. The van der Waals surface area contributed by atoms with E-state index in [0.717, 1.165) is 0 Å². The minimum absolute atomic E-state index is 0.237. The average molecular weight is 331 g/mol. The summed E-state index contributed by atoms with van der Waals surface area (Å²) in [5, 5.41) is 0. The Morgan fingerprint density at radius 2 is 1.68 bits per heavy atom. The number of methoxy groups -OCH3 is 2. The second-order valence-electron chi connectivity index (χ2n) is 3.59. The van der Waals surface area contributed by atoms with Crippen molar-refractivity contribution in [2.24, 2.45) is 0 Å². The monoisotopic (exact) mass is 330 g/mol. The van der Waals surface area contributed by atoms with Crippen molar-refractivity contribution in [3.8, 4) is 11.5 Å². The van der Waals surface area contributed by atoms with Crippen LogP contribution in [0.3, 0.4) is 0 Å². The standard InChI is InChI=1S/C13H15BrO5/c1-4-19-12(16)7-9(15)13-10(17-2)5-8(14)6-11(13)18-3/h5-6H,4,7H2,1-3H3. The van der Waals surface area contributed by atoms with Gasteiger partial charge in [0.15, 0.2) is 5.78 Å². The molecule has 1 aromatic rings. The van der Waals surface area contributed by atoms with Crippen molar-refractivity contribution in [3.05, 3.63) is 22.2 Å². The van der Waals surface area contributed by atoms with E-state index in [9.17, 15) is 9.59 Å². The van der Waals surface area contributed by atoms with Gasteiger partial charge in [-0.15, -0.1) is 0 Å². The molecule has 0 radical (unpaired) electrons. The van der Waals surface area contributed by atoms with E-state index in [0.29, 0.717) is 16.0 Å². The Morgan fingerprint density at radius 3 is 2.11 bits per heavy atom. The summed E-state index contributed by atoms with van der Waals surface area (Å²) in [7, 11) is 2.89. The number of rotatable bonds is 6. The summed E-state index contributed by atoms with van der Waals surface area (Å²) in [6.07, 6.45) is -0.345. The van der Waals surface area contributed by atoms with Gasteiger partial charge in [-0.05, 0) is 19.1 Å². The van der Waals surface area contributed by atoms with E-state index in [-0.39, 0.29) is 18.6 Å². The molecule has 0 unspecified atom stereocenters. The van der Waals surface area contributed by atoms with Crippen LogP contribution in [0.1, 0.15) is 23.7 Å². The fourth-order valence-electron chi connectivity index (χ4n) is 1.59. The Hall–Kier alpha value is -1.56. The summed E-state index contributed by atoms with van der Waals surface area (Å²) >= 11 is 3.29. The molecule has 19 heavy (non-hydrogen) atoms. The summed E-state index contributed by atoms with van der Waals surface area (Å²) in [6.45, 7) is 1.92. The van der Waals surface area contributed by atoms with Crippen LogP contribution in [-0.4, -0.2) is 32.6 Å². The predicted octanol–water partition coefficient (Wildman–Crippen LogP) is 2.60. The molecule has 0 N–H and O–H groups in total. The van der Waals surface area contributed by atoms with E-state index in [1.807, 2.05) is 0 Å². The van der Waals surface area contributed by atoms with Gasteiger partial charge in [0.1, 0.15) is 23.5 Å². The molecule has 0 aliphatic rings. The molecule has 1 rings (SSSR count). The number of esters is 1. The molecule has 0 amide bonds. The van der Waals surface area contributed by atoms with E-state index in [2.05, 4.69) is 15.9 Å². The van der Waals surface area contributed by atoms with Crippen LogP contribution < -0.4 is 9.47 Å². The molecular weight excluding hydrogens is 316 g/mol. The highest BCUT2D eigenvalue weighted by molar-refractivity contribution is 9.10. The second-order valence-corrected chi connectivity index (χ2v) is 4.51. The lowest BCUT2D eigenvalue weighted by molar-refractivity contribution is -0.141. The lowest BCUT2D eigenvalue weighted by Crippen LogP contribution is -2.13. The summed E-state index contributed by atoms with van der Waals surface area (Å²) in [5.74, 6) is -0.278. The summed E-state index contributed by atoms with van der Waals surface area (Å²) in [5.41, 5.74) is 0.237. The fourth-order valence-corrected chi connectivity index (χ4v) is 2.00. The topological polar surface area (TPSA) is 61.8 Å². The highest BCUT2D eigenvalue weighted by Crippen LogP contribution is 2.33. The second kappa shape index (κ2) is 7.13. The summed E-state index contributed by atoms with van der Waals surface area (Å²) in [4.78, 5) is 23.5. The molecule has 0 saturated heterocycles. The molecule has 0 fully saturated rings. The number of ether oxygens (including phenoxy) is 3. The third kappa shape index (κ3) is 3.96. The molecule has 1 aromatic carbocycles. The maximum absolute atomic E-state index is 12.1. The van der Waals surface area contributed by atoms with Crippen molar-refractivity contribution in [2.75, 3.05) is 20.8 Å². The predicted molar refractivity (Wildman–Crippen MR) is 72.8 cm³/mol. The normalized spacial score (nSPS) is 9.89. The van der Waals surface area contributed by atoms with Crippen molar-refractivity contribution in [1.82, 2.24) is 0 Å². The zero-order chi connectivity index (χ0) is 14.4. The van der Waals surface area contributed by atoms with E-state index < -0.39 is 11.8 Å². The van der Waals surface area contributed by atoms with Gasteiger partial charge in [0.25, 0.3) is 0 Å². The molecule has 104 valence electrons. The minimum Gasteiger partial charge on any atom is -0.496 e. The number of halogens is 1. The first-order valence-corrected chi connectivity index (χ1v) is 6.43. The number of benzene rings is 1. The first-order chi connectivity index (χ1) is 9.03. The van der Waals surface area contributed by atoms with Crippen LogP contribution in [0.4, 0.5) is 0 Å². The molecular formula is C13H15BrO5. The maximum Gasteiger partial charge on any atom is 0.313 e. The van der Waals surface area contributed by atoms with Gasteiger partial charge >= 0.3 is 5.97 Å². The number of hydrogen-bond donors (Lipinski definition) is 0. The van der Waals surface area contributed by atoms with Gasteiger partial charge in [0, 0.05) is 4.47 Å². The molecule has 5 nitrogen and oxygen atoms in total. The maximum atomic E-state index is 12.1. The number of Topliss-reactive ketones (excluding diaryl/α,β-unsaturated/α-hetero) is 1. The number of carbonyl (C=O) groups is 2. The zero-order valence-electron chi connectivity index (χ0n) is 11.0. The fraction of sp³-hybridized carbons (Fsp3) is 0.385. The van der Waals surface area contributed by atoms with Gasteiger partial charge in [-0.25, -0.2) is 0 Å². The van der Waals surface area contributed by atoms with Crippen molar-refractivity contribution >= 4 is 27.7 Å². The Morgan fingerprint density at radius 1 is 1.16 bits per heavy atom. The molecule has 0 aromatic heterocycles. The Balaban J connectivity index is 3.10. The van der Waals surface area contributed by atoms with Crippen LogP contribution in [0.5, 0.6) is 11.5 Å². The highest BCUT2D eigenvalue weighted by Gasteiger charge is 2.22. The van der Waals surface area contributed by atoms with E-state index in [1.54, 1.807) is 19.1 Å². The molecule has 0 aliphatic heterocycles. The van der Waals surface area contributed by atoms with E-state index in [4.69, 9.17) is 14.2 Å². The first-order valence-electron chi connectivity index (χ1n) is 5.63. The van der Waals surface area contributed by atoms with Crippen molar-refractivity contribution in [1.29, 1.82) is 0 Å². The molecule has 6 heteroatoms. The van der Waals surface area contributed by atoms with Crippen molar-refractivity contribution in [2.45, 2.75) is 13.3 Å². The average Bonchev–Trinajstić information content (AvgIpc) is 2.37. The number of ketones is 1. The lowest BCUT2D eigenvalue weighted by Gasteiger charge is -2.12. The number of hydrogen-bond acceptors (Lipinski definition) is 5. The van der Waals surface area contributed by atoms with Crippen LogP contribution >= 0.6 is 15.9 Å². The molecule has 0 spiro atoms. The Bertz CT molecular complexity index is 459. The van der Waals surface area contributed by atoms with Crippen LogP contribution in [-0.2, 0) is 9.53 Å². The molecule has 0 bridgehead atoms. The zero-order valence-corrected chi connectivity index (χ0v) is 12.6.